The number of ether oxygens (including phenoxy) is 1. The summed E-state index contributed by atoms with van der Waals surface area (Å²) in [7, 11) is 3.76. The van der Waals surface area contributed by atoms with Gasteiger partial charge >= 0.3 is 0 Å². The molecular formula is C16H22N4O2S. The van der Waals surface area contributed by atoms with Crippen LogP contribution < -0.4 is 10.1 Å². The van der Waals surface area contributed by atoms with Crippen molar-refractivity contribution in [2.75, 3.05) is 53.4 Å². The molecule has 2 heterocycles. The van der Waals surface area contributed by atoms with Crippen LogP contribution in [-0.2, 0) is 0 Å². The smallest absolute Gasteiger partial charge is 0.271 e. The zero-order valence-electron chi connectivity index (χ0n) is 13.5. The number of fused-ring (bicyclic) bond motifs is 1. The quantitative estimate of drug-likeness (QED) is 0.893. The molecule has 23 heavy (non-hydrogen) atoms. The van der Waals surface area contributed by atoms with E-state index in [1.807, 2.05) is 18.2 Å². The number of benzene rings is 1. The highest BCUT2D eigenvalue weighted by atomic mass is 32.1. The summed E-state index contributed by atoms with van der Waals surface area (Å²) in [5, 5.41) is 3.84. The minimum atomic E-state index is -0.112. The number of likely N-dealkylation sites (N-methyl/N-ethyl adjacent to an activating group) is 1. The maximum atomic E-state index is 12.4. The lowest BCUT2D eigenvalue weighted by molar-refractivity contribution is 0.0939. The van der Waals surface area contributed by atoms with E-state index in [9.17, 15) is 4.79 Å². The molecular weight excluding hydrogens is 312 g/mol. The monoisotopic (exact) mass is 334 g/mol. The minimum Gasteiger partial charge on any atom is -0.497 e. The van der Waals surface area contributed by atoms with Gasteiger partial charge in [0, 0.05) is 44.7 Å². The lowest BCUT2D eigenvalue weighted by atomic mass is 10.2. The first-order valence-electron chi connectivity index (χ1n) is 7.80. The molecule has 1 N–H and O–H groups in total. The fourth-order valence-corrected chi connectivity index (χ4v) is 3.44. The molecule has 6 nitrogen and oxygen atoms in total. The van der Waals surface area contributed by atoms with Gasteiger partial charge in [0.05, 0.1) is 11.8 Å². The van der Waals surface area contributed by atoms with Gasteiger partial charge in [-0.1, -0.05) is 0 Å². The van der Waals surface area contributed by atoms with Crippen molar-refractivity contribution in [1.29, 1.82) is 0 Å². The molecule has 7 heteroatoms. The molecule has 1 amide bonds. The molecule has 0 unspecified atom stereocenters. The molecule has 0 atom stereocenters. The second kappa shape index (κ2) is 7.25. The summed E-state index contributed by atoms with van der Waals surface area (Å²) < 4.78 is 10.5. The maximum absolute atomic E-state index is 12.4. The van der Waals surface area contributed by atoms with Gasteiger partial charge in [-0.25, -0.2) is 0 Å². The van der Waals surface area contributed by atoms with Gasteiger partial charge in [0.25, 0.3) is 5.91 Å². The number of carbonyl (C=O) groups is 1. The van der Waals surface area contributed by atoms with Gasteiger partial charge in [-0.05, 0) is 36.8 Å². The molecule has 1 aromatic carbocycles. The van der Waals surface area contributed by atoms with Crippen molar-refractivity contribution in [2.24, 2.45) is 0 Å². The summed E-state index contributed by atoms with van der Waals surface area (Å²) in [4.78, 5) is 17.1. The number of methoxy groups -OCH3 is 1. The number of rotatable bonds is 5. The molecule has 0 aliphatic carbocycles. The van der Waals surface area contributed by atoms with Crippen molar-refractivity contribution < 1.29 is 9.53 Å². The van der Waals surface area contributed by atoms with Gasteiger partial charge in [0.1, 0.15) is 11.4 Å². The second-order valence-electron chi connectivity index (χ2n) is 5.79. The third kappa shape index (κ3) is 3.80. The largest absolute Gasteiger partial charge is 0.497 e. The first kappa shape index (κ1) is 16.2. The average Bonchev–Trinajstić information content (AvgIpc) is 2.99. The van der Waals surface area contributed by atoms with Crippen LogP contribution in [0, 0.1) is 0 Å². The molecule has 1 fully saturated rings. The standard InChI is InChI=1S/C16H22N4O2S/c1-19-7-9-20(10-8-19)6-5-17-16(21)15-13-11-12(22-2)3-4-14(13)23-18-15/h3-4,11H,5-10H2,1-2H3,(H,17,21). The van der Waals surface area contributed by atoms with Gasteiger partial charge in [-0.15, -0.1) is 0 Å². The highest BCUT2D eigenvalue weighted by Crippen LogP contribution is 2.26. The Kier molecular flexibility index (Phi) is 5.09. The van der Waals surface area contributed by atoms with E-state index in [-0.39, 0.29) is 5.91 Å². The average molecular weight is 334 g/mol. The summed E-state index contributed by atoms with van der Waals surface area (Å²) >= 11 is 1.34. The number of piperazine rings is 1. The Balaban J connectivity index is 1.58. The van der Waals surface area contributed by atoms with Crippen molar-refractivity contribution in [3.05, 3.63) is 23.9 Å². The molecule has 124 valence electrons. The number of nitrogens with zero attached hydrogens (tertiary/aromatic N) is 3. The van der Waals surface area contributed by atoms with Gasteiger partial charge in [-0.2, -0.15) is 4.37 Å². The third-order valence-corrected chi connectivity index (χ3v) is 5.03. The van der Waals surface area contributed by atoms with Crippen LogP contribution in [0.5, 0.6) is 5.75 Å². The van der Waals surface area contributed by atoms with E-state index < -0.39 is 0 Å². The van der Waals surface area contributed by atoms with Crippen molar-refractivity contribution in [1.82, 2.24) is 19.5 Å². The predicted octanol–water partition coefficient (Wildman–Crippen LogP) is 1.28. The lowest BCUT2D eigenvalue weighted by Crippen LogP contribution is -2.46. The van der Waals surface area contributed by atoms with Crippen molar-refractivity contribution in [3.8, 4) is 5.75 Å². The fraction of sp³-hybridized carbons (Fsp3) is 0.500. The molecule has 1 aromatic heterocycles. The van der Waals surface area contributed by atoms with E-state index in [2.05, 4.69) is 26.5 Å². The molecule has 0 saturated carbocycles. The fourth-order valence-electron chi connectivity index (χ4n) is 2.69. The van der Waals surface area contributed by atoms with Gasteiger partial charge < -0.3 is 15.0 Å². The minimum absolute atomic E-state index is 0.112. The summed E-state index contributed by atoms with van der Waals surface area (Å²) in [5.41, 5.74) is 0.488. The summed E-state index contributed by atoms with van der Waals surface area (Å²) in [6, 6.07) is 5.69. The third-order valence-electron chi connectivity index (χ3n) is 4.20. The Hall–Kier alpha value is -1.70. The van der Waals surface area contributed by atoms with Crippen LogP contribution in [0.4, 0.5) is 0 Å². The van der Waals surface area contributed by atoms with Gasteiger partial charge in [0.2, 0.25) is 0 Å². The SMILES string of the molecule is COc1ccc2snc(C(=O)NCCN3CCN(C)CC3)c2c1. The Morgan fingerprint density at radius 3 is 2.87 bits per heavy atom. The number of hydrogen-bond donors (Lipinski definition) is 1. The number of aromatic nitrogens is 1. The van der Waals surface area contributed by atoms with E-state index in [1.54, 1.807) is 7.11 Å². The Labute approximate surface area is 140 Å². The Morgan fingerprint density at radius 2 is 2.13 bits per heavy atom. The number of hydrogen-bond acceptors (Lipinski definition) is 6. The first-order valence-corrected chi connectivity index (χ1v) is 8.57. The zero-order chi connectivity index (χ0) is 16.2. The van der Waals surface area contributed by atoms with Gasteiger partial charge in [0.15, 0.2) is 0 Å². The molecule has 3 rings (SSSR count). The first-order chi connectivity index (χ1) is 11.2. The van der Waals surface area contributed by atoms with Crippen molar-refractivity contribution >= 4 is 27.5 Å². The summed E-state index contributed by atoms with van der Waals surface area (Å²) in [6.07, 6.45) is 0. The van der Waals surface area contributed by atoms with Crippen LogP contribution in [0.3, 0.4) is 0 Å². The summed E-state index contributed by atoms with van der Waals surface area (Å²) in [6.45, 7) is 5.82. The van der Waals surface area contributed by atoms with Crippen LogP contribution in [-0.4, -0.2) is 73.5 Å². The van der Waals surface area contributed by atoms with E-state index in [4.69, 9.17) is 4.74 Å². The number of carbonyl (C=O) groups excluding carboxylic acids is 1. The van der Waals surface area contributed by atoms with Crippen molar-refractivity contribution in [3.63, 3.8) is 0 Å². The topological polar surface area (TPSA) is 57.7 Å². The molecule has 1 aliphatic heterocycles. The molecule has 0 bridgehead atoms. The number of amides is 1. The summed E-state index contributed by atoms with van der Waals surface area (Å²) in [5.74, 6) is 0.628. The zero-order valence-corrected chi connectivity index (χ0v) is 14.4. The van der Waals surface area contributed by atoms with E-state index in [0.717, 1.165) is 48.6 Å². The molecule has 2 aromatic rings. The maximum Gasteiger partial charge on any atom is 0.271 e. The Morgan fingerprint density at radius 1 is 1.35 bits per heavy atom. The van der Waals surface area contributed by atoms with E-state index in [0.29, 0.717) is 12.2 Å². The van der Waals surface area contributed by atoms with E-state index >= 15 is 0 Å². The Bertz CT molecular complexity index is 680. The molecule has 0 spiro atoms. The van der Waals surface area contributed by atoms with Crippen LogP contribution in [0.1, 0.15) is 10.5 Å². The van der Waals surface area contributed by atoms with Crippen LogP contribution in [0.2, 0.25) is 0 Å². The molecule has 0 radical (unpaired) electrons. The highest BCUT2D eigenvalue weighted by Gasteiger charge is 2.16. The normalized spacial score (nSPS) is 16.6. The number of nitrogens with one attached hydrogen (secondary N) is 1. The van der Waals surface area contributed by atoms with E-state index in [1.165, 1.54) is 11.5 Å². The highest BCUT2D eigenvalue weighted by molar-refractivity contribution is 7.13. The van der Waals surface area contributed by atoms with Crippen LogP contribution >= 0.6 is 11.5 Å². The lowest BCUT2D eigenvalue weighted by Gasteiger charge is -2.32. The van der Waals surface area contributed by atoms with Gasteiger partial charge in [-0.3, -0.25) is 9.69 Å². The molecule has 1 aliphatic rings. The van der Waals surface area contributed by atoms with Crippen molar-refractivity contribution in [2.45, 2.75) is 0 Å². The van der Waals surface area contributed by atoms with Crippen LogP contribution in [0.15, 0.2) is 18.2 Å². The molecule has 1 saturated heterocycles. The predicted molar refractivity (Wildman–Crippen MR) is 92.4 cm³/mol. The second-order valence-corrected chi connectivity index (χ2v) is 6.60. The van der Waals surface area contributed by atoms with Crippen LogP contribution in [0.25, 0.3) is 10.1 Å².